The Morgan fingerprint density at radius 1 is 0.969 bits per heavy atom. The predicted octanol–water partition coefficient (Wildman–Crippen LogP) is 4.85. The summed E-state index contributed by atoms with van der Waals surface area (Å²) < 4.78 is 18.9. The van der Waals surface area contributed by atoms with Crippen molar-refractivity contribution in [3.63, 3.8) is 0 Å². The molecule has 0 spiro atoms. The lowest BCUT2D eigenvalue weighted by molar-refractivity contribution is -0.140. The molecule has 1 unspecified atom stereocenters. The van der Waals surface area contributed by atoms with Crippen LogP contribution in [-0.2, 0) is 16.1 Å². The maximum absolute atomic E-state index is 13.4. The number of rotatable bonds is 6. The molecule has 6 heteroatoms. The number of ketones is 1. The molecule has 1 heterocycles. The fourth-order valence-corrected chi connectivity index (χ4v) is 3.85. The smallest absolute Gasteiger partial charge is 0.295 e. The molecule has 4 rings (SSSR count). The van der Waals surface area contributed by atoms with Crippen LogP contribution in [0.4, 0.5) is 4.39 Å². The number of hydrogen-bond acceptors (Lipinski definition) is 4. The van der Waals surface area contributed by atoms with Gasteiger partial charge in [-0.2, -0.15) is 0 Å². The second-order valence-corrected chi connectivity index (χ2v) is 7.42. The third kappa shape index (κ3) is 4.12. The molecule has 0 bridgehead atoms. The summed E-state index contributed by atoms with van der Waals surface area (Å²) >= 11 is 0. The summed E-state index contributed by atoms with van der Waals surface area (Å²) in [5.74, 6) is -1.61. The maximum atomic E-state index is 13.4. The second-order valence-electron chi connectivity index (χ2n) is 7.42. The van der Waals surface area contributed by atoms with Crippen molar-refractivity contribution in [2.24, 2.45) is 0 Å². The fraction of sp³-hybridized carbons (Fsp3) is 0.154. The Morgan fingerprint density at radius 2 is 1.62 bits per heavy atom. The van der Waals surface area contributed by atoms with Crippen molar-refractivity contribution in [2.45, 2.75) is 19.5 Å². The van der Waals surface area contributed by atoms with Gasteiger partial charge in [-0.3, -0.25) is 9.59 Å². The van der Waals surface area contributed by atoms with Gasteiger partial charge in [0.15, 0.2) is 0 Å². The number of nitrogens with zero attached hydrogens (tertiary/aromatic N) is 1. The summed E-state index contributed by atoms with van der Waals surface area (Å²) in [4.78, 5) is 27.5. The van der Waals surface area contributed by atoms with Crippen molar-refractivity contribution >= 4 is 17.4 Å². The number of benzene rings is 3. The number of ether oxygens (including phenoxy) is 1. The number of carbonyl (C=O) groups excluding carboxylic acids is 2. The average molecular weight is 431 g/mol. The van der Waals surface area contributed by atoms with E-state index in [1.807, 2.05) is 37.3 Å². The van der Waals surface area contributed by atoms with Crippen LogP contribution < -0.4 is 4.74 Å². The second kappa shape index (κ2) is 9.06. The van der Waals surface area contributed by atoms with E-state index in [1.165, 1.54) is 29.2 Å². The van der Waals surface area contributed by atoms with Crippen LogP contribution in [0.5, 0.6) is 5.75 Å². The molecule has 0 radical (unpaired) electrons. The van der Waals surface area contributed by atoms with Crippen molar-refractivity contribution in [2.75, 3.05) is 6.61 Å². The predicted molar refractivity (Wildman–Crippen MR) is 118 cm³/mol. The number of halogens is 1. The zero-order valence-corrected chi connectivity index (χ0v) is 17.5. The monoisotopic (exact) mass is 431 g/mol. The van der Waals surface area contributed by atoms with E-state index in [0.717, 1.165) is 5.56 Å². The summed E-state index contributed by atoms with van der Waals surface area (Å²) in [5.41, 5.74) is 1.75. The number of aliphatic hydroxyl groups excluding tert-OH is 1. The summed E-state index contributed by atoms with van der Waals surface area (Å²) in [6.45, 7) is 2.59. The third-order valence-corrected chi connectivity index (χ3v) is 5.36. The quantitative estimate of drug-likeness (QED) is 0.344. The van der Waals surface area contributed by atoms with Crippen LogP contribution in [0.25, 0.3) is 5.76 Å². The molecule has 1 atom stereocenters. The molecule has 1 aliphatic heterocycles. The van der Waals surface area contributed by atoms with Crippen molar-refractivity contribution in [3.05, 3.63) is 107 Å². The number of likely N-dealkylation sites (tertiary alicyclic amines) is 1. The Bertz CT molecular complexity index is 1150. The Kier molecular flexibility index (Phi) is 6.03. The minimum absolute atomic E-state index is 0.0262. The summed E-state index contributed by atoms with van der Waals surface area (Å²) in [7, 11) is 0. The van der Waals surface area contributed by atoms with E-state index in [2.05, 4.69) is 0 Å². The minimum atomic E-state index is -0.795. The van der Waals surface area contributed by atoms with E-state index in [-0.39, 0.29) is 23.4 Å². The first kappa shape index (κ1) is 21.3. The average Bonchev–Trinajstić information content (AvgIpc) is 3.05. The lowest BCUT2D eigenvalue weighted by Crippen LogP contribution is -2.29. The Balaban J connectivity index is 1.83. The summed E-state index contributed by atoms with van der Waals surface area (Å²) in [6.07, 6.45) is 0. The molecule has 1 amide bonds. The highest BCUT2D eigenvalue weighted by atomic mass is 19.1. The zero-order chi connectivity index (χ0) is 22.7. The lowest BCUT2D eigenvalue weighted by Gasteiger charge is -2.25. The highest BCUT2D eigenvalue weighted by molar-refractivity contribution is 6.46. The molecule has 1 saturated heterocycles. The van der Waals surface area contributed by atoms with Crippen LogP contribution in [0.1, 0.15) is 29.7 Å². The third-order valence-electron chi connectivity index (χ3n) is 5.36. The zero-order valence-electron chi connectivity index (χ0n) is 17.5. The molecule has 162 valence electrons. The van der Waals surface area contributed by atoms with Crippen molar-refractivity contribution in [3.8, 4) is 5.75 Å². The van der Waals surface area contributed by atoms with Crippen LogP contribution in [0.15, 0.2) is 84.4 Å². The van der Waals surface area contributed by atoms with Crippen molar-refractivity contribution in [1.29, 1.82) is 0 Å². The van der Waals surface area contributed by atoms with E-state index >= 15 is 0 Å². The van der Waals surface area contributed by atoms with Gasteiger partial charge in [0, 0.05) is 12.1 Å². The molecule has 0 aliphatic carbocycles. The maximum Gasteiger partial charge on any atom is 0.295 e. The highest BCUT2D eigenvalue weighted by Gasteiger charge is 2.46. The first-order chi connectivity index (χ1) is 15.5. The van der Waals surface area contributed by atoms with Gasteiger partial charge in [-0.05, 0) is 54.4 Å². The Labute approximate surface area is 185 Å². The molecular formula is C26H22FNO4. The van der Waals surface area contributed by atoms with Gasteiger partial charge in [-0.25, -0.2) is 4.39 Å². The van der Waals surface area contributed by atoms with E-state index in [1.54, 1.807) is 24.3 Å². The molecule has 32 heavy (non-hydrogen) atoms. The molecule has 3 aromatic carbocycles. The number of hydrogen-bond donors (Lipinski definition) is 1. The fourth-order valence-electron chi connectivity index (χ4n) is 3.85. The number of aliphatic hydroxyl groups is 1. The standard InChI is InChI=1S/C26H22FNO4/c1-2-32-21-14-10-18(11-15-21)23-22(24(29)19-8-12-20(27)13-9-19)25(30)26(31)28(23)16-17-6-4-3-5-7-17/h3-15,23,29H,2,16H2,1H3/b24-22+. The van der Waals surface area contributed by atoms with Gasteiger partial charge in [-0.15, -0.1) is 0 Å². The van der Waals surface area contributed by atoms with Crippen molar-refractivity contribution < 1.29 is 23.8 Å². The van der Waals surface area contributed by atoms with Crippen LogP contribution in [0.3, 0.4) is 0 Å². The SMILES string of the molecule is CCOc1ccc(C2/C(=C(\O)c3ccc(F)cc3)C(=O)C(=O)N2Cc2ccccc2)cc1. The molecule has 5 nitrogen and oxygen atoms in total. The topological polar surface area (TPSA) is 66.8 Å². The molecule has 1 fully saturated rings. The summed E-state index contributed by atoms with van der Waals surface area (Å²) in [5, 5.41) is 11.0. The van der Waals surface area contributed by atoms with Gasteiger partial charge in [0.05, 0.1) is 18.2 Å². The molecule has 0 aromatic heterocycles. The first-order valence-corrected chi connectivity index (χ1v) is 10.3. The number of carbonyl (C=O) groups is 2. The lowest BCUT2D eigenvalue weighted by atomic mass is 9.95. The van der Waals surface area contributed by atoms with Gasteiger partial charge in [0.2, 0.25) is 0 Å². The van der Waals surface area contributed by atoms with E-state index in [0.29, 0.717) is 17.9 Å². The van der Waals surface area contributed by atoms with Crippen LogP contribution in [0, 0.1) is 5.82 Å². The molecule has 3 aromatic rings. The van der Waals surface area contributed by atoms with Gasteiger partial charge < -0.3 is 14.7 Å². The van der Waals surface area contributed by atoms with Crippen LogP contribution in [-0.4, -0.2) is 28.3 Å². The van der Waals surface area contributed by atoms with Crippen LogP contribution in [0.2, 0.25) is 0 Å². The molecular weight excluding hydrogens is 409 g/mol. The van der Waals surface area contributed by atoms with Gasteiger partial charge in [0.25, 0.3) is 11.7 Å². The number of amides is 1. The molecule has 0 saturated carbocycles. The van der Waals surface area contributed by atoms with Gasteiger partial charge in [-0.1, -0.05) is 42.5 Å². The van der Waals surface area contributed by atoms with Gasteiger partial charge >= 0.3 is 0 Å². The van der Waals surface area contributed by atoms with E-state index in [4.69, 9.17) is 4.74 Å². The largest absolute Gasteiger partial charge is 0.507 e. The van der Waals surface area contributed by atoms with Crippen molar-refractivity contribution in [1.82, 2.24) is 4.90 Å². The normalized spacial score (nSPS) is 17.6. The summed E-state index contributed by atoms with van der Waals surface area (Å²) in [6, 6.07) is 20.8. The first-order valence-electron chi connectivity index (χ1n) is 10.3. The Morgan fingerprint density at radius 3 is 2.25 bits per heavy atom. The molecule has 1 aliphatic rings. The molecule has 1 N–H and O–H groups in total. The van der Waals surface area contributed by atoms with Gasteiger partial charge in [0.1, 0.15) is 17.3 Å². The number of Topliss-reactive ketones (excluding diaryl/α,β-unsaturated/α-hetero) is 1. The van der Waals surface area contributed by atoms with E-state index < -0.39 is 23.5 Å². The van der Waals surface area contributed by atoms with E-state index in [9.17, 15) is 19.1 Å². The van der Waals surface area contributed by atoms with Crippen LogP contribution >= 0.6 is 0 Å². The minimum Gasteiger partial charge on any atom is -0.507 e. The highest BCUT2D eigenvalue weighted by Crippen LogP contribution is 2.40. The Hall–Kier alpha value is -3.93.